The van der Waals surface area contributed by atoms with Crippen molar-refractivity contribution in [3.8, 4) is 0 Å². The van der Waals surface area contributed by atoms with Crippen molar-refractivity contribution in [3.05, 3.63) is 121 Å². The zero-order chi connectivity index (χ0) is 31.9. The Morgan fingerprint density at radius 3 is 1.53 bits per heavy atom. The third-order valence-corrected chi connectivity index (χ3v) is 19.6. The summed E-state index contributed by atoms with van der Waals surface area (Å²) in [7, 11) is -6.31. The highest BCUT2D eigenvalue weighted by molar-refractivity contribution is 6.99. The number of benzene rings is 4. The lowest BCUT2D eigenvalue weighted by Gasteiger charge is -2.50. The zero-order valence-electron chi connectivity index (χ0n) is 27.0. The largest absolute Gasteiger partial charge is 0.424 e. The molecule has 0 aromatic heterocycles. The maximum absolute atomic E-state index is 12.9. The Morgan fingerprint density at radius 2 is 1.11 bits per heavy atom. The van der Waals surface area contributed by atoms with Crippen molar-refractivity contribution >= 4 is 37.4 Å². The first kappa shape index (κ1) is 32.1. The van der Waals surface area contributed by atoms with E-state index in [2.05, 4.69) is 83.1 Å². The number of ether oxygens (including phenoxy) is 2. The molecule has 2 heterocycles. The normalized spacial score (nSPS) is 24.0. The fraction of sp³-hybridized carbons (Fsp3) is 0.368. The Bertz CT molecular complexity index is 1460. The van der Waals surface area contributed by atoms with Gasteiger partial charge in [-0.25, -0.2) is 0 Å². The lowest BCUT2D eigenvalue weighted by atomic mass is 9.85. The highest BCUT2D eigenvalue weighted by atomic mass is 28.4. The van der Waals surface area contributed by atoms with E-state index in [9.17, 15) is 9.90 Å². The molecule has 0 saturated carbocycles. The van der Waals surface area contributed by atoms with Gasteiger partial charge in [-0.1, -0.05) is 156 Å². The average Bonchev–Trinajstić information content (AvgIpc) is 3.50. The van der Waals surface area contributed by atoms with Gasteiger partial charge in [0.1, 0.15) is 12.2 Å². The molecule has 2 unspecified atom stereocenters. The molecule has 2 fully saturated rings. The van der Waals surface area contributed by atoms with Crippen molar-refractivity contribution in [2.24, 2.45) is 5.92 Å². The molecule has 5 atom stereocenters. The fourth-order valence-corrected chi connectivity index (χ4v) is 16.3. The molecule has 4 aromatic carbocycles. The Balaban J connectivity index is 1.40. The van der Waals surface area contributed by atoms with E-state index in [0.29, 0.717) is 13.0 Å². The van der Waals surface area contributed by atoms with Gasteiger partial charge in [-0.3, -0.25) is 0 Å². The maximum atomic E-state index is 12.9. The molecule has 2 aliphatic rings. The molecule has 236 valence electrons. The summed E-state index contributed by atoms with van der Waals surface area (Å²) in [4.78, 5) is 12.9. The van der Waals surface area contributed by atoms with E-state index >= 15 is 0 Å². The predicted octanol–water partition coefficient (Wildman–Crippen LogP) is 4.59. The summed E-state index contributed by atoms with van der Waals surface area (Å²) < 4.78 is 20.3. The van der Waals surface area contributed by atoms with Crippen molar-refractivity contribution in [1.82, 2.24) is 0 Å². The van der Waals surface area contributed by atoms with Gasteiger partial charge >= 0.3 is 0 Å². The molecule has 0 aliphatic carbocycles. The number of hydrogen-bond acceptors (Lipinski definition) is 5. The van der Waals surface area contributed by atoms with Crippen LogP contribution in [0.5, 0.6) is 0 Å². The monoisotopic (exact) mass is 638 g/mol. The van der Waals surface area contributed by atoms with Crippen molar-refractivity contribution in [2.45, 2.75) is 75.7 Å². The summed E-state index contributed by atoms with van der Waals surface area (Å²) in [6.07, 6.45) is -1.89. The Labute approximate surface area is 270 Å². The molecule has 45 heavy (non-hydrogen) atoms. The Hall–Kier alpha value is -2.89. The second-order valence-corrected chi connectivity index (χ2v) is 22.5. The predicted molar refractivity (Wildman–Crippen MR) is 185 cm³/mol. The molecule has 2 aliphatic heterocycles. The van der Waals surface area contributed by atoms with E-state index in [1.165, 1.54) is 0 Å². The summed E-state index contributed by atoms with van der Waals surface area (Å²) in [5.41, 5.74) is 0. The number of aliphatic hydroxyl groups is 1. The molecular weight excluding hydrogens is 593 g/mol. The molecule has 6 rings (SSSR count). The topological polar surface area (TPSA) is 68.2 Å². The number of hydrogen-bond donors (Lipinski definition) is 2. The molecule has 2 saturated heterocycles. The SMILES string of the molecule is CC(C)(CC1[C@@H]2OC[C@@H](O2)C(O[Si](c2ccccc2)(c2ccccc2)C(C)(C)C)[C@@H]1O)[Si](O)(c1ccccc1)c1ccccc1. The first-order valence-electron chi connectivity index (χ1n) is 16.1. The van der Waals surface area contributed by atoms with Gasteiger partial charge in [0, 0.05) is 5.92 Å². The van der Waals surface area contributed by atoms with Crippen LogP contribution in [0.15, 0.2) is 121 Å². The first-order chi connectivity index (χ1) is 21.5. The second kappa shape index (κ2) is 12.4. The van der Waals surface area contributed by atoms with Crippen LogP contribution in [-0.4, -0.2) is 57.7 Å². The van der Waals surface area contributed by atoms with Crippen LogP contribution >= 0.6 is 0 Å². The quantitative estimate of drug-likeness (QED) is 0.263. The highest BCUT2D eigenvalue weighted by Crippen LogP contribution is 2.48. The lowest BCUT2D eigenvalue weighted by molar-refractivity contribution is -0.202. The van der Waals surface area contributed by atoms with Crippen molar-refractivity contribution in [2.75, 3.05) is 6.61 Å². The van der Waals surface area contributed by atoms with Crippen molar-refractivity contribution < 1.29 is 23.8 Å². The van der Waals surface area contributed by atoms with E-state index in [4.69, 9.17) is 13.9 Å². The molecule has 2 bridgehead atoms. The van der Waals surface area contributed by atoms with Crippen LogP contribution in [0.4, 0.5) is 0 Å². The number of aliphatic hydroxyl groups excluding tert-OH is 1. The van der Waals surface area contributed by atoms with Gasteiger partial charge in [0.15, 0.2) is 6.29 Å². The van der Waals surface area contributed by atoms with Crippen molar-refractivity contribution in [1.29, 1.82) is 0 Å². The standard InChI is InChI=1S/C38H46O5Si2/c1-37(2,3)45(30-22-14-8-15-23-30,31-24-16-9-17-25-31)43-35-33-27-41-36(42-33)32(34(35)39)26-38(4,5)44(40,28-18-10-6-11-19-28)29-20-12-7-13-21-29/h6-25,32-36,39-40H,26-27H2,1-5H3/t32?,33-,34-,35?,36-/m1/s1. The highest BCUT2D eigenvalue weighted by Gasteiger charge is 2.60. The molecule has 4 aromatic rings. The van der Waals surface area contributed by atoms with Crippen molar-refractivity contribution in [3.63, 3.8) is 0 Å². The van der Waals surface area contributed by atoms with E-state index in [-0.39, 0.29) is 11.1 Å². The summed E-state index contributed by atoms with van der Waals surface area (Å²) >= 11 is 0. The summed E-state index contributed by atoms with van der Waals surface area (Å²) in [5.74, 6) is -0.395. The molecule has 0 spiro atoms. The fourth-order valence-electron chi connectivity index (χ4n) is 7.76. The van der Waals surface area contributed by atoms with Crippen LogP contribution in [0.25, 0.3) is 0 Å². The van der Waals surface area contributed by atoms with Crippen LogP contribution in [-0.2, 0) is 13.9 Å². The molecule has 0 amide bonds. The molecule has 2 N–H and O–H groups in total. The first-order valence-corrected chi connectivity index (χ1v) is 19.9. The van der Waals surface area contributed by atoms with Crippen LogP contribution in [0.1, 0.15) is 41.0 Å². The minimum absolute atomic E-state index is 0.256. The number of rotatable bonds is 9. The minimum atomic E-state index is -3.33. The average molecular weight is 639 g/mol. The lowest BCUT2D eigenvalue weighted by Crippen LogP contribution is -2.71. The van der Waals surface area contributed by atoms with Crippen LogP contribution in [0.2, 0.25) is 10.1 Å². The van der Waals surface area contributed by atoms with E-state index < -0.39 is 46.1 Å². The molecule has 5 nitrogen and oxygen atoms in total. The van der Waals surface area contributed by atoms with E-state index in [1.54, 1.807) is 0 Å². The molecule has 0 radical (unpaired) electrons. The Kier molecular flexibility index (Phi) is 8.82. The minimum Gasteiger partial charge on any atom is -0.424 e. The van der Waals surface area contributed by atoms with Crippen LogP contribution in [0, 0.1) is 5.92 Å². The number of fused-ring (bicyclic) bond motifs is 2. The van der Waals surface area contributed by atoms with Gasteiger partial charge in [0.05, 0.1) is 12.7 Å². The van der Waals surface area contributed by atoms with E-state index in [0.717, 1.165) is 20.7 Å². The molecule has 7 heteroatoms. The van der Waals surface area contributed by atoms with Gasteiger partial charge in [-0.15, -0.1) is 0 Å². The van der Waals surface area contributed by atoms with Gasteiger partial charge < -0.3 is 23.8 Å². The Morgan fingerprint density at radius 1 is 0.689 bits per heavy atom. The van der Waals surface area contributed by atoms with Gasteiger partial charge in [-0.2, -0.15) is 0 Å². The van der Waals surface area contributed by atoms with Gasteiger partial charge in [0.2, 0.25) is 0 Å². The summed E-state index contributed by atoms with van der Waals surface area (Å²) in [5, 5.41) is 15.7. The van der Waals surface area contributed by atoms with Crippen LogP contribution < -0.4 is 20.7 Å². The summed E-state index contributed by atoms with van der Waals surface area (Å²) in [6, 6.07) is 41.1. The summed E-state index contributed by atoms with van der Waals surface area (Å²) in [6.45, 7) is 11.4. The second-order valence-electron chi connectivity index (χ2n) is 14.3. The smallest absolute Gasteiger partial charge is 0.261 e. The third kappa shape index (κ3) is 5.59. The van der Waals surface area contributed by atoms with Crippen LogP contribution in [0.3, 0.4) is 0 Å². The van der Waals surface area contributed by atoms with Gasteiger partial charge in [0.25, 0.3) is 16.6 Å². The maximum Gasteiger partial charge on any atom is 0.261 e. The third-order valence-electron chi connectivity index (χ3n) is 10.1. The van der Waals surface area contributed by atoms with Gasteiger partial charge in [-0.05, 0) is 37.2 Å². The molecular formula is C38H46O5Si2. The van der Waals surface area contributed by atoms with E-state index in [1.807, 2.05) is 72.8 Å². The zero-order valence-corrected chi connectivity index (χ0v) is 29.0.